The van der Waals surface area contributed by atoms with Crippen molar-refractivity contribution in [2.24, 2.45) is 0 Å². The molecule has 0 aliphatic carbocycles. The summed E-state index contributed by atoms with van der Waals surface area (Å²) in [4.78, 5) is 30.5. The molecule has 0 aliphatic rings. The van der Waals surface area contributed by atoms with E-state index < -0.39 is 34.6 Å². The monoisotopic (exact) mass is 227 g/mol. The molecule has 1 rings (SSSR count). The van der Waals surface area contributed by atoms with Crippen LogP contribution in [-0.2, 0) is 16.0 Å². The smallest absolute Gasteiger partial charge is 0.372 e. The average Bonchev–Trinajstić information content (AvgIpc) is 2.20. The number of carboxylic acids is 1. The van der Waals surface area contributed by atoms with Gasteiger partial charge in [-0.25, -0.2) is 9.18 Å². The summed E-state index contributed by atoms with van der Waals surface area (Å²) >= 11 is 0. The molecule has 0 amide bonds. The number of non-ortho nitro benzene ring substituents is 1. The number of nitro groups is 1. The number of rotatable bonds is 4. The van der Waals surface area contributed by atoms with Gasteiger partial charge in [0.05, 0.1) is 11.0 Å². The van der Waals surface area contributed by atoms with Crippen LogP contribution >= 0.6 is 0 Å². The molecule has 1 aromatic rings. The van der Waals surface area contributed by atoms with Crippen LogP contribution in [0.3, 0.4) is 0 Å². The van der Waals surface area contributed by atoms with Crippen molar-refractivity contribution in [3.63, 3.8) is 0 Å². The molecule has 84 valence electrons. The van der Waals surface area contributed by atoms with Crippen molar-refractivity contribution in [1.82, 2.24) is 0 Å². The summed E-state index contributed by atoms with van der Waals surface area (Å²) in [5, 5.41) is 18.6. The third-order valence-electron chi connectivity index (χ3n) is 1.84. The second kappa shape index (κ2) is 4.47. The Bertz CT molecular complexity index is 471. The van der Waals surface area contributed by atoms with Crippen molar-refractivity contribution < 1.29 is 24.0 Å². The molecule has 0 atom stereocenters. The van der Waals surface area contributed by atoms with E-state index in [1.54, 1.807) is 0 Å². The molecule has 0 unspecified atom stereocenters. The Morgan fingerprint density at radius 3 is 2.50 bits per heavy atom. The number of benzene rings is 1. The number of Topliss-reactive ketones (excluding diaryl/α,β-unsaturated/α-hetero) is 1. The lowest BCUT2D eigenvalue weighted by molar-refractivity contribution is -0.385. The number of carbonyl (C=O) groups excluding carboxylic acids is 1. The lowest BCUT2D eigenvalue weighted by Crippen LogP contribution is -2.15. The number of carbonyl (C=O) groups is 2. The molecule has 0 saturated carbocycles. The van der Waals surface area contributed by atoms with E-state index in [1.165, 1.54) is 0 Å². The number of aliphatic carboxylic acids is 1. The quantitative estimate of drug-likeness (QED) is 0.468. The van der Waals surface area contributed by atoms with Crippen LogP contribution in [0.25, 0.3) is 0 Å². The van der Waals surface area contributed by atoms with Crippen molar-refractivity contribution in [1.29, 1.82) is 0 Å². The van der Waals surface area contributed by atoms with Gasteiger partial charge in [-0.05, 0) is 11.6 Å². The summed E-state index contributed by atoms with van der Waals surface area (Å²) in [6, 6.07) is 2.67. The third kappa shape index (κ3) is 2.59. The number of hydrogen-bond donors (Lipinski definition) is 1. The fourth-order valence-corrected chi connectivity index (χ4v) is 1.04. The highest BCUT2D eigenvalue weighted by molar-refractivity contribution is 6.33. The maximum absolute atomic E-state index is 13.2. The van der Waals surface area contributed by atoms with Crippen molar-refractivity contribution in [3.8, 4) is 0 Å². The van der Waals surface area contributed by atoms with Gasteiger partial charge >= 0.3 is 5.97 Å². The predicted octanol–water partition coefficient (Wildman–Crippen LogP) is 0.930. The van der Waals surface area contributed by atoms with Crippen molar-refractivity contribution in [3.05, 3.63) is 39.7 Å². The van der Waals surface area contributed by atoms with Crippen molar-refractivity contribution in [2.45, 2.75) is 6.42 Å². The minimum atomic E-state index is -1.67. The first-order valence-corrected chi connectivity index (χ1v) is 4.10. The van der Waals surface area contributed by atoms with Crippen LogP contribution in [0.4, 0.5) is 10.1 Å². The van der Waals surface area contributed by atoms with E-state index in [1.807, 2.05) is 0 Å². The largest absolute Gasteiger partial charge is 0.475 e. The molecule has 0 spiro atoms. The van der Waals surface area contributed by atoms with Crippen LogP contribution in [-0.4, -0.2) is 21.8 Å². The van der Waals surface area contributed by atoms with Crippen molar-refractivity contribution in [2.75, 3.05) is 0 Å². The Morgan fingerprint density at radius 1 is 1.44 bits per heavy atom. The number of ketones is 1. The van der Waals surface area contributed by atoms with Gasteiger partial charge in [-0.2, -0.15) is 0 Å². The second-order valence-corrected chi connectivity index (χ2v) is 2.94. The van der Waals surface area contributed by atoms with E-state index in [4.69, 9.17) is 5.11 Å². The van der Waals surface area contributed by atoms with Crippen LogP contribution in [0.2, 0.25) is 0 Å². The zero-order chi connectivity index (χ0) is 12.3. The van der Waals surface area contributed by atoms with Gasteiger partial charge in [0.1, 0.15) is 5.82 Å². The maximum atomic E-state index is 13.2. The van der Waals surface area contributed by atoms with Gasteiger partial charge in [0.15, 0.2) is 0 Å². The molecule has 0 aliphatic heterocycles. The number of nitrogens with zero attached hydrogens (tertiary/aromatic N) is 1. The molecule has 0 aromatic heterocycles. The minimum absolute atomic E-state index is 0.182. The van der Waals surface area contributed by atoms with Gasteiger partial charge in [-0.15, -0.1) is 0 Å². The summed E-state index contributed by atoms with van der Waals surface area (Å²) < 4.78 is 13.2. The van der Waals surface area contributed by atoms with E-state index >= 15 is 0 Å². The Balaban J connectivity index is 2.96. The van der Waals surface area contributed by atoms with Gasteiger partial charge < -0.3 is 5.11 Å². The number of hydrogen-bond acceptors (Lipinski definition) is 4. The lowest BCUT2D eigenvalue weighted by atomic mass is 10.1. The van der Waals surface area contributed by atoms with Crippen LogP contribution < -0.4 is 0 Å². The summed E-state index contributed by atoms with van der Waals surface area (Å²) in [7, 11) is 0. The van der Waals surface area contributed by atoms with Gasteiger partial charge in [0, 0.05) is 12.5 Å². The fraction of sp³-hybridized carbons (Fsp3) is 0.111. The molecule has 1 aromatic carbocycles. The molecule has 7 heteroatoms. The Hall–Kier alpha value is -2.31. The molecular weight excluding hydrogens is 221 g/mol. The zero-order valence-corrected chi connectivity index (χ0v) is 7.84. The van der Waals surface area contributed by atoms with Crippen LogP contribution in [0, 0.1) is 15.9 Å². The van der Waals surface area contributed by atoms with Gasteiger partial charge in [0.25, 0.3) is 5.69 Å². The molecule has 0 heterocycles. The number of carboxylic acid groups (broad SMARTS) is 1. The van der Waals surface area contributed by atoms with Gasteiger partial charge in [-0.1, -0.05) is 0 Å². The van der Waals surface area contributed by atoms with Crippen LogP contribution in [0.1, 0.15) is 5.56 Å². The fourth-order valence-electron chi connectivity index (χ4n) is 1.04. The Morgan fingerprint density at radius 2 is 2.06 bits per heavy atom. The van der Waals surface area contributed by atoms with Crippen LogP contribution in [0.15, 0.2) is 18.2 Å². The first-order chi connectivity index (χ1) is 7.41. The SMILES string of the molecule is O=C(O)C(=O)Cc1ccc([N+](=O)[O-])cc1F. The van der Waals surface area contributed by atoms with Crippen LogP contribution in [0.5, 0.6) is 0 Å². The molecule has 6 nitrogen and oxygen atoms in total. The molecule has 0 fully saturated rings. The molecule has 1 N–H and O–H groups in total. The molecular formula is C9H6FNO5. The van der Waals surface area contributed by atoms with E-state index in [9.17, 15) is 24.1 Å². The molecule has 16 heavy (non-hydrogen) atoms. The summed E-state index contributed by atoms with van der Waals surface area (Å²) in [6.45, 7) is 0. The first kappa shape index (κ1) is 11.8. The number of halogens is 1. The first-order valence-electron chi connectivity index (χ1n) is 4.10. The third-order valence-corrected chi connectivity index (χ3v) is 1.84. The van der Waals surface area contributed by atoms with Crippen molar-refractivity contribution >= 4 is 17.4 Å². The maximum Gasteiger partial charge on any atom is 0.372 e. The Kier molecular flexibility index (Phi) is 3.29. The summed E-state index contributed by atoms with van der Waals surface area (Å²) in [6.07, 6.45) is -0.626. The van der Waals surface area contributed by atoms with E-state index in [-0.39, 0.29) is 5.56 Å². The minimum Gasteiger partial charge on any atom is -0.475 e. The second-order valence-electron chi connectivity index (χ2n) is 2.94. The summed E-state index contributed by atoms with van der Waals surface area (Å²) in [5.74, 6) is -3.81. The molecule has 0 radical (unpaired) electrons. The standard InChI is InChI=1S/C9H6FNO5/c10-7-4-6(11(15)16)2-1-5(7)3-8(12)9(13)14/h1-2,4H,3H2,(H,13,14). The normalized spacial score (nSPS) is 9.81. The number of nitro benzene ring substituents is 1. The van der Waals surface area contributed by atoms with E-state index in [2.05, 4.69) is 0 Å². The molecule has 0 bridgehead atoms. The lowest BCUT2D eigenvalue weighted by Gasteiger charge is -1.99. The van der Waals surface area contributed by atoms with Gasteiger partial charge in [-0.3, -0.25) is 14.9 Å². The highest BCUT2D eigenvalue weighted by atomic mass is 19.1. The molecule has 0 saturated heterocycles. The summed E-state index contributed by atoms with van der Waals surface area (Å²) in [5.41, 5.74) is -0.637. The Labute approximate surface area is 88.5 Å². The van der Waals surface area contributed by atoms with Gasteiger partial charge in [0.2, 0.25) is 5.78 Å². The topological polar surface area (TPSA) is 97.5 Å². The van der Waals surface area contributed by atoms with E-state index in [0.717, 1.165) is 12.1 Å². The highest BCUT2D eigenvalue weighted by Crippen LogP contribution is 2.17. The highest BCUT2D eigenvalue weighted by Gasteiger charge is 2.17. The zero-order valence-electron chi connectivity index (χ0n) is 7.84. The predicted molar refractivity (Wildman–Crippen MR) is 49.4 cm³/mol. The van der Waals surface area contributed by atoms with E-state index in [0.29, 0.717) is 6.07 Å². The average molecular weight is 227 g/mol.